The van der Waals surface area contributed by atoms with Crippen LogP contribution < -0.4 is 5.32 Å². The van der Waals surface area contributed by atoms with Crippen molar-refractivity contribution in [2.45, 2.75) is 13.1 Å². The van der Waals surface area contributed by atoms with Crippen LogP contribution in [-0.2, 0) is 13.1 Å². The Morgan fingerprint density at radius 1 is 1.04 bits per heavy atom. The first-order valence-corrected chi connectivity index (χ1v) is 9.42. The highest BCUT2D eigenvalue weighted by Crippen LogP contribution is 2.13. The van der Waals surface area contributed by atoms with Crippen molar-refractivity contribution in [1.82, 2.24) is 15.1 Å². The Kier molecular flexibility index (Phi) is 6.24. The van der Waals surface area contributed by atoms with Gasteiger partial charge in [-0.25, -0.2) is 0 Å². The average molecular weight is 402 g/mol. The molecule has 25 heavy (non-hydrogen) atoms. The van der Waals surface area contributed by atoms with Gasteiger partial charge in [-0.15, -0.1) is 0 Å². The molecule has 132 valence electrons. The van der Waals surface area contributed by atoms with Crippen molar-refractivity contribution in [2.75, 3.05) is 33.2 Å². The number of carbonyl (C=O) groups excluding carboxylic acids is 1. The highest BCUT2D eigenvalue weighted by molar-refractivity contribution is 9.10. The van der Waals surface area contributed by atoms with Gasteiger partial charge < -0.3 is 10.2 Å². The number of benzene rings is 2. The van der Waals surface area contributed by atoms with Crippen LogP contribution in [0.2, 0.25) is 0 Å². The van der Waals surface area contributed by atoms with E-state index >= 15 is 0 Å². The first-order valence-electron chi connectivity index (χ1n) is 8.62. The molecule has 1 aliphatic heterocycles. The SMILES string of the molecule is CN1CCN(Cc2cccc(CNC(=O)c3cccc(Br)c3)c2)CC1. The quantitative estimate of drug-likeness (QED) is 0.835. The Balaban J connectivity index is 1.55. The summed E-state index contributed by atoms with van der Waals surface area (Å²) in [6.07, 6.45) is 0. The second kappa shape index (κ2) is 8.61. The third-order valence-corrected chi connectivity index (χ3v) is 5.03. The van der Waals surface area contributed by atoms with Crippen molar-refractivity contribution < 1.29 is 4.79 Å². The normalized spacial score (nSPS) is 15.9. The van der Waals surface area contributed by atoms with Crippen LogP contribution in [0.15, 0.2) is 53.0 Å². The maximum absolute atomic E-state index is 12.3. The molecule has 0 bridgehead atoms. The van der Waals surface area contributed by atoms with Crippen molar-refractivity contribution in [2.24, 2.45) is 0 Å². The fourth-order valence-corrected chi connectivity index (χ4v) is 3.42. The lowest BCUT2D eigenvalue weighted by molar-refractivity contribution is 0.0951. The van der Waals surface area contributed by atoms with E-state index in [9.17, 15) is 4.79 Å². The Labute approximate surface area is 158 Å². The van der Waals surface area contributed by atoms with Gasteiger partial charge >= 0.3 is 0 Å². The molecule has 1 fully saturated rings. The van der Waals surface area contributed by atoms with E-state index < -0.39 is 0 Å². The van der Waals surface area contributed by atoms with Crippen LogP contribution in [-0.4, -0.2) is 48.9 Å². The van der Waals surface area contributed by atoms with Crippen molar-refractivity contribution in [3.8, 4) is 0 Å². The summed E-state index contributed by atoms with van der Waals surface area (Å²) in [5.74, 6) is -0.0502. The van der Waals surface area contributed by atoms with Gasteiger partial charge in [0.1, 0.15) is 0 Å². The molecule has 4 nitrogen and oxygen atoms in total. The molecule has 0 saturated carbocycles. The molecule has 0 spiro atoms. The van der Waals surface area contributed by atoms with Crippen LogP contribution in [0, 0.1) is 0 Å². The molecule has 3 rings (SSSR count). The van der Waals surface area contributed by atoms with Gasteiger partial charge in [0.05, 0.1) is 0 Å². The highest BCUT2D eigenvalue weighted by atomic mass is 79.9. The monoisotopic (exact) mass is 401 g/mol. The molecule has 0 atom stereocenters. The number of hydrogen-bond donors (Lipinski definition) is 1. The molecule has 2 aromatic carbocycles. The molecule has 0 aromatic heterocycles. The summed E-state index contributed by atoms with van der Waals surface area (Å²) in [4.78, 5) is 17.1. The number of halogens is 1. The maximum Gasteiger partial charge on any atom is 0.251 e. The van der Waals surface area contributed by atoms with Crippen molar-refractivity contribution in [3.63, 3.8) is 0 Å². The topological polar surface area (TPSA) is 35.6 Å². The molecular formula is C20H24BrN3O. The predicted molar refractivity (Wildman–Crippen MR) is 105 cm³/mol. The fraction of sp³-hybridized carbons (Fsp3) is 0.350. The summed E-state index contributed by atoms with van der Waals surface area (Å²) >= 11 is 3.40. The second-order valence-electron chi connectivity index (χ2n) is 6.59. The Morgan fingerprint density at radius 3 is 2.52 bits per heavy atom. The standard InChI is InChI=1S/C20H24BrN3O/c1-23-8-10-24(11-9-23)15-17-5-2-4-16(12-17)14-22-20(25)18-6-3-7-19(21)13-18/h2-7,12-13H,8-11,14-15H2,1H3,(H,22,25). The number of rotatable bonds is 5. The molecule has 1 aliphatic rings. The third-order valence-electron chi connectivity index (χ3n) is 4.53. The van der Waals surface area contributed by atoms with Crippen LogP contribution in [0.3, 0.4) is 0 Å². The minimum absolute atomic E-state index is 0.0502. The summed E-state index contributed by atoms with van der Waals surface area (Å²) in [6, 6.07) is 15.9. The first kappa shape index (κ1) is 18.1. The van der Waals surface area contributed by atoms with Gasteiger partial charge in [0.2, 0.25) is 0 Å². The molecule has 0 radical (unpaired) electrons. The lowest BCUT2D eigenvalue weighted by atomic mass is 10.1. The molecule has 0 unspecified atom stereocenters. The van der Waals surface area contributed by atoms with Crippen LogP contribution in [0.25, 0.3) is 0 Å². The zero-order valence-electron chi connectivity index (χ0n) is 14.5. The number of likely N-dealkylation sites (N-methyl/N-ethyl adjacent to an activating group) is 1. The Bertz CT molecular complexity index is 726. The Morgan fingerprint density at radius 2 is 1.76 bits per heavy atom. The molecule has 0 aliphatic carbocycles. The largest absolute Gasteiger partial charge is 0.348 e. The van der Waals surface area contributed by atoms with Gasteiger partial charge in [-0.2, -0.15) is 0 Å². The van der Waals surface area contributed by atoms with Crippen LogP contribution in [0.1, 0.15) is 21.5 Å². The summed E-state index contributed by atoms with van der Waals surface area (Å²) in [5.41, 5.74) is 3.11. The van der Waals surface area contributed by atoms with Gasteiger partial charge in [0.15, 0.2) is 0 Å². The fourth-order valence-electron chi connectivity index (χ4n) is 3.02. The van der Waals surface area contributed by atoms with E-state index in [4.69, 9.17) is 0 Å². The lowest BCUT2D eigenvalue weighted by Gasteiger charge is -2.32. The number of carbonyl (C=O) groups is 1. The van der Waals surface area contributed by atoms with Gasteiger partial charge in [0, 0.05) is 49.3 Å². The van der Waals surface area contributed by atoms with Crippen molar-refractivity contribution >= 4 is 21.8 Å². The van der Waals surface area contributed by atoms with E-state index in [1.165, 1.54) is 5.56 Å². The van der Waals surface area contributed by atoms with Gasteiger partial charge in [-0.05, 0) is 36.4 Å². The molecule has 1 N–H and O–H groups in total. The van der Waals surface area contributed by atoms with Gasteiger partial charge in [-0.3, -0.25) is 9.69 Å². The number of amides is 1. The van der Waals surface area contributed by atoms with E-state index in [-0.39, 0.29) is 5.91 Å². The summed E-state index contributed by atoms with van der Waals surface area (Å²) in [6.45, 7) is 5.99. The van der Waals surface area contributed by atoms with E-state index in [1.54, 1.807) is 0 Å². The van der Waals surface area contributed by atoms with E-state index in [0.717, 1.165) is 42.8 Å². The number of nitrogens with one attached hydrogen (secondary N) is 1. The van der Waals surface area contributed by atoms with Gasteiger partial charge in [-0.1, -0.05) is 46.3 Å². The molecule has 1 heterocycles. The minimum Gasteiger partial charge on any atom is -0.348 e. The second-order valence-corrected chi connectivity index (χ2v) is 7.51. The molecule has 1 saturated heterocycles. The van der Waals surface area contributed by atoms with E-state index in [0.29, 0.717) is 12.1 Å². The summed E-state index contributed by atoms with van der Waals surface area (Å²) in [7, 11) is 2.17. The minimum atomic E-state index is -0.0502. The summed E-state index contributed by atoms with van der Waals surface area (Å²) < 4.78 is 0.911. The average Bonchev–Trinajstić information content (AvgIpc) is 2.62. The van der Waals surface area contributed by atoms with E-state index in [1.807, 2.05) is 24.3 Å². The predicted octanol–water partition coefficient (Wildman–Crippen LogP) is 3.13. The van der Waals surface area contributed by atoms with Gasteiger partial charge in [0.25, 0.3) is 5.91 Å². The maximum atomic E-state index is 12.3. The van der Waals surface area contributed by atoms with Crippen molar-refractivity contribution in [3.05, 3.63) is 69.7 Å². The highest BCUT2D eigenvalue weighted by Gasteiger charge is 2.14. The van der Waals surface area contributed by atoms with Crippen LogP contribution in [0.4, 0.5) is 0 Å². The third kappa shape index (κ3) is 5.39. The number of hydrogen-bond acceptors (Lipinski definition) is 3. The van der Waals surface area contributed by atoms with Crippen molar-refractivity contribution in [1.29, 1.82) is 0 Å². The molecule has 2 aromatic rings. The zero-order valence-corrected chi connectivity index (χ0v) is 16.1. The molecule has 1 amide bonds. The lowest BCUT2D eigenvalue weighted by Crippen LogP contribution is -2.43. The Hall–Kier alpha value is -1.69. The smallest absolute Gasteiger partial charge is 0.251 e. The number of nitrogens with zero attached hydrogens (tertiary/aromatic N) is 2. The van der Waals surface area contributed by atoms with Crippen LogP contribution in [0.5, 0.6) is 0 Å². The first-order chi connectivity index (χ1) is 12.1. The molecular weight excluding hydrogens is 378 g/mol. The van der Waals surface area contributed by atoms with E-state index in [2.05, 4.69) is 62.4 Å². The summed E-state index contributed by atoms with van der Waals surface area (Å²) in [5, 5.41) is 3.00. The van der Waals surface area contributed by atoms with Crippen LogP contribution >= 0.6 is 15.9 Å². The number of piperazine rings is 1. The zero-order chi connectivity index (χ0) is 17.6. The molecule has 5 heteroatoms.